The summed E-state index contributed by atoms with van der Waals surface area (Å²) in [5.41, 5.74) is 6.74. The van der Waals surface area contributed by atoms with Crippen molar-refractivity contribution < 1.29 is 14.3 Å². The van der Waals surface area contributed by atoms with Crippen LogP contribution in [0.1, 0.15) is 37.7 Å². The van der Waals surface area contributed by atoms with Gasteiger partial charge in [-0.2, -0.15) is 0 Å². The molecule has 0 aliphatic heterocycles. The molecule has 1 heterocycles. The summed E-state index contributed by atoms with van der Waals surface area (Å²) in [5.74, 6) is -0.316. The Morgan fingerprint density at radius 2 is 2.10 bits per heavy atom. The normalized spacial score (nSPS) is 12.3. The van der Waals surface area contributed by atoms with E-state index < -0.39 is 12.0 Å². The van der Waals surface area contributed by atoms with E-state index >= 15 is 0 Å². The number of ether oxygens (including phenoxy) is 1. The number of carbonyl (C=O) groups excluding carboxylic acids is 2. The molecule has 1 amide bonds. The molecule has 0 aromatic carbocycles. The van der Waals surface area contributed by atoms with E-state index in [4.69, 9.17) is 10.5 Å². The molecule has 20 heavy (non-hydrogen) atoms. The lowest BCUT2D eigenvalue weighted by molar-refractivity contribution is -0.117. The first kappa shape index (κ1) is 16.2. The van der Waals surface area contributed by atoms with E-state index in [-0.39, 0.29) is 5.91 Å². The lowest BCUT2D eigenvalue weighted by Gasteiger charge is -2.13. The van der Waals surface area contributed by atoms with E-state index in [1.807, 2.05) is 13.8 Å². The standard InChI is InChI=1S/C14H23N3O3/c1-5-20-14(19)12-7-10(8-17(12)4)16-13(18)11(15)6-9(2)3/h7-9,11H,5-6,15H2,1-4H3,(H,16,18)/t11-/m0/s1. The van der Waals surface area contributed by atoms with Crippen LogP contribution in [0.2, 0.25) is 0 Å². The molecule has 1 atom stereocenters. The van der Waals surface area contributed by atoms with E-state index in [9.17, 15) is 9.59 Å². The van der Waals surface area contributed by atoms with Crippen molar-refractivity contribution in [3.63, 3.8) is 0 Å². The first-order valence-corrected chi connectivity index (χ1v) is 6.75. The van der Waals surface area contributed by atoms with Crippen molar-refractivity contribution in [3.8, 4) is 0 Å². The molecule has 6 heteroatoms. The summed E-state index contributed by atoms with van der Waals surface area (Å²) in [6.07, 6.45) is 2.27. The number of hydrogen-bond donors (Lipinski definition) is 2. The quantitative estimate of drug-likeness (QED) is 0.774. The van der Waals surface area contributed by atoms with Gasteiger partial charge in [0.1, 0.15) is 5.69 Å². The number of esters is 1. The molecule has 0 spiro atoms. The highest BCUT2D eigenvalue weighted by molar-refractivity contribution is 5.96. The summed E-state index contributed by atoms with van der Waals surface area (Å²) in [6, 6.07) is 1.03. The van der Waals surface area contributed by atoms with Gasteiger partial charge >= 0.3 is 5.97 Å². The van der Waals surface area contributed by atoms with Crippen molar-refractivity contribution in [2.45, 2.75) is 33.2 Å². The van der Waals surface area contributed by atoms with Crippen LogP contribution in [-0.4, -0.2) is 29.1 Å². The molecule has 1 aromatic rings. The molecule has 0 fully saturated rings. The molecule has 0 unspecified atom stereocenters. The third-order valence-electron chi connectivity index (χ3n) is 2.82. The van der Waals surface area contributed by atoms with Gasteiger partial charge in [-0.05, 0) is 25.3 Å². The molecule has 0 aliphatic rings. The minimum absolute atomic E-state index is 0.250. The van der Waals surface area contributed by atoms with Gasteiger partial charge in [-0.1, -0.05) is 13.8 Å². The maximum atomic E-state index is 11.9. The van der Waals surface area contributed by atoms with Gasteiger partial charge in [0, 0.05) is 13.2 Å². The van der Waals surface area contributed by atoms with Crippen molar-refractivity contribution in [1.29, 1.82) is 0 Å². The molecule has 1 aromatic heterocycles. The average Bonchev–Trinajstić information content (AvgIpc) is 2.69. The van der Waals surface area contributed by atoms with Crippen LogP contribution in [0.3, 0.4) is 0 Å². The van der Waals surface area contributed by atoms with Crippen LogP contribution in [-0.2, 0) is 16.6 Å². The maximum Gasteiger partial charge on any atom is 0.355 e. The van der Waals surface area contributed by atoms with Gasteiger partial charge < -0.3 is 20.4 Å². The minimum Gasteiger partial charge on any atom is -0.461 e. The van der Waals surface area contributed by atoms with Gasteiger partial charge in [0.2, 0.25) is 5.91 Å². The SMILES string of the molecule is CCOC(=O)c1cc(NC(=O)[C@@H](N)CC(C)C)cn1C. The number of aromatic nitrogens is 1. The van der Waals surface area contributed by atoms with Crippen molar-refractivity contribution in [1.82, 2.24) is 4.57 Å². The number of rotatable bonds is 6. The van der Waals surface area contributed by atoms with Crippen molar-refractivity contribution in [2.75, 3.05) is 11.9 Å². The summed E-state index contributed by atoms with van der Waals surface area (Å²) < 4.78 is 6.54. The van der Waals surface area contributed by atoms with Crippen LogP contribution >= 0.6 is 0 Å². The predicted molar refractivity (Wildman–Crippen MR) is 77.4 cm³/mol. The van der Waals surface area contributed by atoms with Crippen molar-refractivity contribution in [3.05, 3.63) is 18.0 Å². The van der Waals surface area contributed by atoms with Gasteiger partial charge in [-0.25, -0.2) is 4.79 Å². The van der Waals surface area contributed by atoms with E-state index in [1.165, 1.54) is 0 Å². The number of aryl methyl sites for hydroxylation is 1. The molecule has 0 saturated heterocycles. The van der Waals surface area contributed by atoms with Gasteiger partial charge in [0.05, 0.1) is 18.3 Å². The Kier molecular flexibility index (Phi) is 5.76. The molecule has 3 N–H and O–H groups in total. The summed E-state index contributed by atoms with van der Waals surface area (Å²) in [5, 5.41) is 2.71. The zero-order valence-electron chi connectivity index (χ0n) is 12.5. The predicted octanol–water partition coefficient (Wildman–Crippen LogP) is 1.51. The summed E-state index contributed by atoms with van der Waals surface area (Å²) in [7, 11) is 1.72. The van der Waals surface area contributed by atoms with Gasteiger partial charge in [0.15, 0.2) is 0 Å². The summed E-state index contributed by atoms with van der Waals surface area (Å²) in [4.78, 5) is 23.6. The first-order chi connectivity index (χ1) is 9.35. The fraction of sp³-hybridized carbons (Fsp3) is 0.571. The Balaban J connectivity index is 2.72. The van der Waals surface area contributed by atoms with Crippen LogP contribution in [0.15, 0.2) is 12.3 Å². The Morgan fingerprint density at radius 1 is 1.45 bits per heavy atom. The summed E-state index contributed by atoms with van der Waals surface area (Å²) in [6.45, 7) is 6.07. The monoisotopic (exact) mass is 281 g/mol. The van der Waals surface area contributed by atoms with Gasteiger partial charge in [0.25, 0.3) is 0 Å². The number of hydrogen-bond acceptors (Lipinski definition) is 4. The molecule has 6 nitrogen and oxygen atoms in total. The van der Waals surface area contributed by atoms with E-state index in [2.05, 4.69) is 5.32 Å². The second-order valence-electron chi connectivity index (χ2n) is 5.17. The molecule has 0 radical (unpaired) electrons. The van der Waals surface area contributed by atoms with Crippen LogP contribution in [0.4, 0.5) is 5.69 Å². The average molecular weight is 281 g/mol. The number of nitrogens with zero attached hydrogens (tertiary/aromatic N) is 1. The zero-order valence-corrected chi connectivity index (χ0v) is 12.5. The lowest BCUT2D eigenvalue weighted by atomic mass is 10.0. The molecule has 1 rings (SSSR count). The smallest absolute Gasteiger partial charge is 0.355 e. The summed E-state index contributed by atoms with van der Waals surface area (Å²) >= 11 is 0. The van der Waals surface area contributed by atoms with Crippen LogP contribution in [0.25, 0.3) is 0 Å². The molecule has 0 bridgehead atoms. The third-order valence-corrected chi connectivity index (χ3v) is 2.82. The van der Waals surface area contributed by atoms with Gasteiger partial charge in [-0.15, -0.1) is 0 Å². The zero-order chi connectivity index (χ0) is 15.3. The number of amides is 1. The highest BCUT2D eigenvalue weighted by atomic mass is 16.5. The van der Waals surface area contributed by atoms with E-state index in [0.29, 0.717) is 30.3 Å². The van der Waals surface area contributed by atoms with Crippen LogP contribution < -0.4 is 11.1 Å². The maximum absolute atomic E-state index is 11.9. The number of nitrogens with two attached hydrogens (primary N) is 1. The third kappa shape index (κ3) is 4.38. The minimum atomic E-state index is -0.554. The molecular formula is C14H23N3O3. The van der Waals surface area contributed by atoms with Gasteiger partial charge in [-0.3, -0.25) is 4.79 Å². The fourth-order valence-corrected chi connectivity index (χ4v) is 1.89. The highest BCUT2D eigenvalue weighted by Gasteiger charge is 2.18. The topological polar surface area (TPSA) is 86.3 Å². The number of nitrogens with one attached hydrogen (secondary N) is 1. The molecule has 0 saturated carbocycles. The second-order valence-corrected chi connectivity index (χ2v) is 5.17. The second kappa shape index (κ2) is 7.09. The fourth-order valence-electron chi connectivity index (χ4n) is 1.89. The van der Waals surface area contributed by atoms with Crippen LogP contribution in [0.5, 0.6) is 0 Å². The molecule has 112 valence electrons. The Labute approximate surface area is 119 Å². The molecular weight excluding hydrogens is 258 g/mol. The number of anilines is 1. The Hall–Kier alpha value is -1.82. The Morgan fingerprint density at radius 3 is 2.65 bits per heavy atom. The van der Waals surface area contributed by atoms with Crippen molar-refractivity contribution in [2.24, 2.45) is 18.7 Å². The lowest BCUT2D eigenvalue weighted by Crippen LogP contribution is -2.36. The largest absolute Gasteiger partial charge is 0.461 e. The highest BCUT2D eigenvalue weighted by Crippen LogP contribution is 2.15. The van der Waals surface area contributed by atoms with E-state index in [1.54, 1.807) is 30.8 Å². The first-order valence-electron chi connectivity index (χ1n) is 6.75. The van der Waals surface area contributed by atoms with Crippen LogP contribution in [0, 0.1) is 5.92 Å². The van der Waals surface area contributed by atoms with Crippen molar-refractivity contribution >= 4 is 17.6 Å². The Bertz CT molecular complexity index is 480. The van der Waals surface area contributed by atoms with E-state index in [0.717, 1.165) is 0 Å². The number of carbonyl (C=O) groups is 2. The molecule has 0 aliphatic carbocycles.